The number of hydrogen-bond acceptors (Lipinski definition) is 4. The van der Waals surface area contributed by atoms with Crippen molar-refractivity contribution in [2.45, 2.75) is 0 Å². The molecular weight excluding hydrogens is 344 g/mol. The Morgan fingerprint density at radius 1 is 1.00 bits per heavy atom. The van der Waals surface area contributed by atoms with E-state index in [4.69, 9.17) is 4.74 Å². The highest BCUT2D eigenvalue weighted by molar-refractivity contribution is 8.18. The Labute approximate surface area is 155 Å². The topological polar surface area (TPSA) is 50.7 Å². The Morgan fingerprint density at radius 3 is 2.69 bits per heavy atom. The second-order valence-electron chi connectivity index (χ2n) is 5.79. The zero-order chi connectivity index (χ0) is 17.9. The first-order valence-corrected chi connectivity index (χ1v) is 8.95. The van der Waals surface area contributed by atoms with Crippen LogP contribution >= 0.6 is 11.8 Å². The van der Waals surface area contributed by atoms with E-state index in [1.165, 1.54) is 11.8 Å². The Kier molecular flexibility index (Phi) is 4.46. The molecule has 0 radical (unpaired) electrons. The molecule has 1 N–H and O–H groups in total. The molecule has 1 heterocycles. The second-order valence-corrected chi connectivity index (χ2v) is 6.82. The van der Waals surface area contributed by atoms with Gasteiger partial charge in [-0.1, -0.05) is 42.5 Å². The fourth-order valence-corrected chi connectivity index (χ4v) is 3.57. The normalized spacial score (nSPS) is 17.0. The van der Waals surface area contributed by atoms with Crippen molar-refractivity contribution >= 4 is 45.4 Å². The van der Waals surface area contributed by atoms with Crippen molar-refractivity contribution in [2.75, 3.05) is 7.11 Å². The maximum atomic E-state index is 12.2. The molecule has 5 heteroatoms. The zero-order valence-corrected chi connectivity index (χ0v) is 14.9. The molecule has 0 bridgehead atoms. The minimum absolute atomic E-state index is 0.141. The fourth-order valence-electron chi connectivity index (χ4n) is 2.73. The van der Waals surface area contributed by atoms with Crippen molar-refractivity contribution in [3.8, 4) is 5.75 Å². The van der Waals surface area contributed by atoms with Crippen LogP contribution in [0.1, 0.15) is 5.56 Å². The van der Waals surface area contributed by atoms with E-state index in [9.17, 15) is 4.79 Å². The molecule has 3 aromatic carbocycles. The van der Waals surface area contributed by atoms with E-state index < -0.39 is 0 Å². The predicted molar refractivity (Wildman–Crippen MR) is 108 cm³/mol. The second kappa shape index (κ2) is 7.06. The van der Waals surface area contributed by atoms with Crippen molar-refractivity contribution in [3.05, 3.63) is 77.2 Å². The molecule has 0 atom stereocenters. The third kappa shape index (κ3) is 3.48. The van der Waals surface area contributed by atoms with Gasteiger partial charge in [-0.3, -0.25) is 4.79 Å². The molecule has 0 saturated carbocycles. The molecule has 128 valence electrons. The SMILES string of the molecule is COc1cccc(/C=C2/SC(=Nc3ccc4ccccc4c3)NC2=O)c1. The highest BCUT2D eigenvalue weighted by Gasteiger charge is 2.23. The molecule has 0 unspecified atom stereocenters. The van der Waals surface area contributed by atoms with Crippen LogP contribution in [0.15, 0.2) is 76.6 Å². The molecule has 3 aromatic rings. The molecule has 1 amide bonds. The van der Waals surface area contributed by atoms with Crippen LogP contribution < -0.4 is 10.1 Å². The number of carbonyl (C=O) groups is 1. The van der Waals surface area contributed by atoms with Crippen LogP contribution in [-0.4, -0.2) is 18.2 Å². The lowest BCUT2D eigenvalue weighted by molar-refractivity contribution is -0.115. The fraction of sp³-hybridized carbons (Fsp3) is 0.0476. The standard InChI is InChI=1S/C21H16N2O2S/c1-25-18-8-4-5-14(11-18)12-19-20(24)23-21(26-19)22-17-10-9-15-6-2-3-7-16(15)13-17/h2-13H,1H3,(H,22,23,24)/b19-12+. The van der Waals surface area contributed by atoms with E-state index in [2.05, 4.69) is 16.4 Å². The number of aliphatic imine (C=N–C) groups is 1. The lowest BCUT2D eigenvalue weighted by Crippen LogP contribution is -2.19. The molecule has 1 aliphatic rings. The van der Waals surface area contributed by atoms with Crippen molar-refractivity contribution < 1.29 is 9.53 Å². The van der Waals surface area contributed by atoms with Gasteiger partial charge in [-0.2, -0.15) is 0 Å². The smallest absolute Gasteiger partial charge is 0.264 e. The van der Waals surface area contributed by atoms with Crippen LogP contribution in [0.5, 0.6) is 5.75 Å². The number of hydrogen-bond donors (Lipinski definition) is 1. The van der Waals surface area contributed by atoms with Crippen LogP contribution in [-0.2, 0) is 4.79 Å². The van der Waals surface area contributed by atoms with E-state index in [0.29, 0.717) is 10.1 Å². The van der Waals surface area contributed by atoms with Gasteiger partial charge in [-0.15, -0.1) is 0 Å². The number of amidine groups is 1. The summed E-state index contributed by atoms with van der Waals surface area (Å²) in [6, 6.07) is 21.7. The first-order valence-electron chi connectivity index (χ1n) is 8.14. The van der Waals surface area contributed by atoms with Crippen molar-refractivity contribution in [1.29, 1.82) is 0 Å². The van der Waals surface area contributed by atoms with E-state index >= 15 is 0 Å². The molecule has 4 rings (SSSR count). The molecule has 4 nitrogen and oxygen atoms in total. The molecule has 1 saturated heterocycles. The number of fused-ring (bicyclic) bond motifs is 1. The summed E-state index contributed by atoms with van der Waals surface area (Å²) in [5.41, 5.74) is 1.73. The number of benzene rings is 3. The number of rotatable bonds is 3. The third-order valence-electron chi connectivity index (χ3n) is 4.01. The first-order chi connectivity index (χ1) is 12.7. The maximum Gasteiger partial charge on any atom is 0.264 e. The van der Waals surface area contributed by atoms with E-state index in [1.807, 2.05) is 66.7 Å². The number of nitrogens with one attached hydrogen (secondary N) is 1. The summed E-state index contributed by atoms with van der Waals surface area (Å²) in [5.74, 6) is 0.616. The number of carbonyl (C=O) groups excluding carboxylic acids is 1. The highest BCUT2D eigenvalue weighted by atomic mass is 32.2. The van der Waals surface area contributed by atoms with Gasteiger partial charge < -0.3 is 10.1 Å². The average molecular weight is 360 g/mol. The van der Waals surface area contributed by atoms with Gasteiger partial charge in [-0.05, 0) is 58.4 Å². The molecule has 0 spiro atoms. The highest BCUT2D eigenvalue weighted by Crippen LogP contribution is 2.29. The predicted octanol–water partition coefficient (Wildman–Crippen LogP) is 4.74. The molecule has 1 fully saturated rings. The summed E-state index contributed by atoms with van der Waals surface area (Å²) >= 11 is 1.34. The molecule has 0 aliphatic carbocycles. The Balaban J connectivity index is 1.60. The Bertz CT molecular complexity index is 1060. The van der Waals surface area contributed by atoms with Gasteiger partial charge in [0, 0.05) is 0 Å². The molecular formula is C21H16N2O2S. The quantitative estimate of drug-likeness (QED) is 0.687. The largest absolute Gasteiger partial charge is 0.497 e. The molecule has 1 aliphatic heterocycles. The van der Waals surface area contributed by atoms with Crippen molar-refractivity contribution in [1.82, 2.24) is 5.32 Å². The summed E-state index contributed by atoms with van der Waals surface area (Å²) in [4.78, 5) is 17.4. The van der Waals surface area contributed by atoms with Crippen LogP contribution in [0.3, 0.4) is 0 Å². The minimum atomic E-state index is -0.141. The summed E-state index contributed by atoms with van der Waals surface area (Å²) < 4.78 is 5.22. The number of nitrogens with zero attached hydrogens (tertiary/aromatic N) is 1. The number of ether oxygens (including phenoxy) is 1. The van der Waals surface area contributed by atoms with Crippen LogP contribution in [0.4, 0.5) is 5.69 Å². The summed E-state index contributed by atoms with van der Waals surface area (Å²) in [7, 11) is 1.62. The van der Waals surface area contributed by atoms with Gasteiger partial charge in [0.2, 0.25) is 0 Å². The monoisotopic (exact) mass is 360 g/mol. The lowest BCUT2D eigenvalue weighted by Gasteiger charge is -2.00. The lowest BCUT2D eigenvalue weighted by atomic mass is 10.1. The van der Waals surface area contributed by atoms with E-state index in [1.54, 1.807) is 7.11 Å². The Hall–Kier alpha value is -3.05. The minimum Gasteiger partial charge on any atom is -0.497 e. The van der Waals surface area contributed by atoms with E-state index in [-0.39, 0.29) is 5.91 Å². The van der Waals surface area contributed by atoms with Gasteiger partial charge in [0.15, 0.2) is 5.17 Å². The number of methoxy groups -OCH3 is 1. The van der Waals surface area contributed by atoms with Crippen molar-refractivity contribution in [3.63, 3.8) is 0 Å². The number of thioether (sulfide) groups is 1. The molecule has 0 aromatic heterocycles. The zero-order valence-electron chi connectivity index (χ0n) is 14.1. The summed E-state index contributed by atoms with van der Waals surface area (Å²) in [5, 5.41) is 5.69. The van der Waals surface area contributed by atoms with E-state index in [0.717, 1.165) is 27.8 Å². The summed E-state index contributed by atoms with van der Waals surface area (Å²) in [6.45, 7) is 0. The van der Waals surface area contributed by atoms with Gasteiger partial charge in [-0.25, -0.2) is 4.99 Å². The van der Waals surface area contributed by atoms with Gasteiger partial charge >= 0.3 is 0 Å². The third-order valence-corrected chi connectivity index (χ3v) is 4.92. The van der Waals surface area contributed by atoms with Gasteiger partial charge in [0.25, 0.3) is 5.91 Å². The summed E-state index contributed by atoms with van der Waals surface area (Å²) in [6.07, 6.45) is 1.84. The maximum absolute atomic E-state index is 12.2. The first kappa shape index (κ1) is 16.4. The average Bonchev–Trinajstić information content (AvgIpc) is 3.00. The van der Waals surface area contributed by atoms with Gasteiger partial charge in [0.05, 0.1) is 17.7 Å². The number of amides is 1. The van der Waals surface area contributed by atoms with Crippen LogP contribution in [0.2, 0.25) is 0 Å². The van der Waals surface area contributed by atoms with Gasteiger partial charge in [0.1, 0.15) is 5.75 Å². The van der Waals surface area contributed by atoms with Crippen LogP contribution in [0.25, 0.3) is 16.8 Å². The van der Waals surface area contributed by atoms with Crippen LogP contribution in [0, 0.1) is 0 Å². The Morgan fingerprint density at radius 2 is 1.85 bits per heavy atom. The van der Waals surface area contributed by atoms with Crippen molar-refractivity contribution in [2.24, 2.45) is 4.99 Å². The molecule has 26 heavy (non-hydrogen) atoms.